The lowest BCUT2D eigenvalue weighted by Crippen LogP contribution is -2.49. The second kappa shape index (κ2) is 9.98. The van der Waals surface area contributed by atoms with E-state index < -0.39 is 0 Å². The zero-order chi connectivity index (χ0) is 21.8. The van der Waals surface area contributed by atoms with E-state index in [-0.39, 0.29) is 0 Å². The second-order valence-electron chi connectivity index (χ2n) is 8.74. The van der Waals surface area contributed by atoms with E-state index in [2.05, 4.69) is 42.0 Å². The van der Waals surface area contributed by atoms with Crippen LogP contribution in [0.4, 0.5) is 5.82 Å². The first-order chi connectivity index (χ1) is 15.7. The van der Waals surface area contributed by atoms with Gasteiger partial charge in [-0.25, -0.2) is 4.98 Å². The predicted octanol–water partition coefficient (Wildman–Crippen LogP) is 3.82. The Balaban J connectivity index is 1.11. The Morgan fingerprint density at radius 1 is 0.969 bits per heavy atom. The average molecular weight is 453 g/mol. The lowest BCUT2D eigenvalue weighted by atomic mass is 9.97. The number of piperidine rings is 1. The van der Waals surface area contributed by atoms with Gasteiger partial charge in [0, 0.05) is 56.1 Å². The van der Waals surface area contributed by atoms with Crippen molar-refractivity contribution in [2.45, 2.75) is 19.4 Å². The number of hydrogen-bond acceptors (Lipinski definition) is 7. The van der Waals surface area contributed by atoms with Gasteiger partial charge in [0.2, 0.25) is 11.7 Å². The summed E-state index contributed by atoms with van der Waals surface area (Å²) in [7, 11) is 0. The van der Waals surface area contributed by atoms with Crippen LogP contribution in [0.25, 0.3) is 11.4 Å². The third-order valence-electron chi connectivity index (χ3n) is 6.39. The molecule has 0 spiro atoms. The molecule has 5 rings (SSSR count). The van der Waals surface area contributed by atoms with Gasteiger partial charge < -0.3 is 9.42 Å². The summed E-state index contributed by atoms with van der Waals surface area (Å²) >= 11 is 5.97. The number of anilines is 1. The highest BCUT2D eigenvalue weighted by atomic mass is 35.5. The number of piperazine rings is 1. The monoisotopic (exact) mass is 452 g/mol. The molecule has 2 aromatic heterocycles. The highest BCUT2D eigenvalue weighted by molar-refractivity contribution is 6.30. The molecule has 1 atom stereocenters. The molecule has 3 aromatic rings. The molecule has 1 aromatic carbocycles. The maximum Gasteiger partial charge on any atom is 0.241 e. The number of pyridine rings is 1. The van der Waals surface area contributed by atoms with E-state index in [9.17, 15) is 0 Å². The molecule has 2 aliphatic heterocycles. The van der Waals surface area contributed by atoms with Gasteiger partial charge in [0.05, 0.1) is 6.54 Å². The minimum Gasteiger partial charge on any atom is -0.354 e. The van der Waals surface area contributed by atoms with Crippen molar-refractivity contribution in [2.24, 2.45) is 5.92 Å². The first kappa shape index (κ1) is 21.4. The fourth-order valence-corrected chi connectivity index (χ4v) is 4.86. The molecule has 4 heterocycles. The van der Waals surface area contributed by atoms with E-state index in [1.165, 1.54) is 12.8 Å². The number of hydrogen-bond donors (Lipinski definition) is 0. The van der Waals surface area contributed by atoms with Gasteiger partial charge in [0.15, 0.2) is 0 Å². The summed E-state index contributed by atoms with van der Waals surface area (Å²) in [5, 5.41) is 4.86. The van der Waals surface area contributed by atoms with Gasteiger partial charge in [-0.05, 0) is 61.7 Å². The van der Waals surface area contributed by atoms with E-state index >= 15 is 0 Å². The number of nitrogens with zero attached hydrogens (tertiary/aromatic N) is 6. The summed E-state index contributed by atoms with van der Waals surface area (Å²) in [6.07, 6.45) is 4.38. The van der Waals surface area contributed by atoms with E-state index in [0.717, 1.165) is 57.2 Å². The van der Waals surface area contributed by atoms with Gasteiger partial charge >= 0.3 is 0 Å². The fraction of sp³-hybridized carbons (Fsp3) is 0.458. The summed E-state index contributed by atoms with van der Waals surface area (Å²) in [6.45, 7) is 8.33. The number of aromatic nitrogens is 3. The van der Waals surface area contributed by atoms with Crippen LogP contribution < -0.4 is 4.90 Å². The van der Waals surface area contributed by atoms with Crippen LogP contribution in [0.5, 0.6) is 0 Å². The van der Waals surface area contributed by atoms with Gasteiger partial charge in [-0.2, -0.15) is 4.98 Å². The molecule has 168 valence electrons. The molecule has 0 aliphatic carbocycles. The molecule has 2 fully saturated rings. The molecule has 0 radical (unpaired) electrons. The Labute approximate surface area is 194 Å². The Hall–Kier alpha value is -2.48. The molecule has 0 bridgehead atoms. The quantitative estimate of drug-likeness (QED) is 0.563. The van der Waals surface area contributed by atoms with Crippen molar-refractivity contribution in [1.82, 2.24) is 24.9 Å². The number of benzene rings is 1. The van der Waals surface area contributed by atoms with Crippen molar-refractivity contribution < 1.29 is 4.52 Å². The van der Waals surface area contributed by atoms with E-state index in [1.807, 2.05) is 36.5 Å². The van der Waals surface area contributed by atoms with E-state index in [4.69, 9.17) is 16.1 Å². The lowest BCUT2D eigenvalue weighted by Gasteiger charge is -2.39. The SMILES string of the molecule is Clc1ccc(-c2noc(CN3CCCC(CN4CCN(c5ccccn5)CC4)C3)n2)cc1. The Kier molecular flexibility index (Phi) is 6.67. The zero-order valence-electron chi connectivity index (χ0n) is 18.2. The maximum atomic E-state index is 5.97. The molecule has 2 aliphatic rings. The predicted molar refractivity (Wildman–Crippen MR) is 126 cm³/mol. The van der Waals surface area contributed by atoms with Crippen LogP contribution in [-0.2, 0) is 6.54 Å². The first-order valence-corrected chi connectivity index (χ1v) is 11.8. The maximum absolute atomic E-state index is 5.97. The van der Waals surface area contributed by atoms with Crippen molar-refractivity contribution in [3.05, 3.63) is 59.6 Å². The zero-order valence-corrected chi connectivity index (χ0v) is 19.0. The van der Waals surface area contributed by atoms with Gasteiger partial charge in [-0.1, -0.05) is 22.8 Å². The summed E-state index contributed by atoms with van der Waals surface area (Å²) < 4.78 is 5.53. The van der Waals surface area contributed by atoms with Crippen molar-refractivity contribution in [2.75, 3.05) is 50.7 Å². The molecular weight excluding hydrogens is 424 g/mol. The van der Waals surface area contributed by atoms with Crippen LogP contribution in [0.15, 0.2) is 53.2 Å². The Morgan fingerprint density at radius 2 is 1.81 bits per heavy atom. The second-order valence-corrected chi connectivity index (χ2v) is 9.17. The summed E-state index contributed by atoms with van der Waals surface area (Å²) in [4.78, 5) is 16.5. The van der Waals surface area contributed by atoms with Gasteiger partial charge in [0.25, 0.3) is 0 Å². The summed E-state index contributed by atoms with van der Waals surface area (Å²) in [5.41, 5.74) is 0.922. The normalized spacial score (nSPS) is 20.5. The topological polar surface area (TPSA) is 61.5 Å². The molecule has 32 heavy (non-hydrogen) atoms. The summed E-state index contributed by atoms with van der Waals surface area (Å²) in [5.74, 6) is 3.08. The summed E-state index contributed by atoms with van der Waals surface area (Å²) in [6, 6.07) is 13.7. The molecule has 2 saturated heterocycles. The molecule has 0 saturated carbocycles. The Morgan fingerprint density at radius 3 is 2.59 bits per heavy atom. The van der Waals surface area contributed by atoms with Crippen LogP contribution in [0.2, 0.25) is 5.02 Å². The van der Waals surface area contributed by atoms with Crippen molar-refractivity contribution in [3.63, 3.8) is 0 Å². The molecule has 0 N–H and O–H groups in total. The van der Waals surface area contributed by atoms with Crippen LogP contribution in [0.1, 0.15) is 18.7 Å². The molecular formula is C24H29ClN6O. The van der Waals surface area contributed by atoms with Crippen molar-refractivity contribution in [1.29, 1.82) is 0 Å². The molecule has 1 unspecified atom stereocenters. The van der Waals surface area contributed by atoms with E-state index in [0.29, 0.717) is 29.2 Å². The van der Waals surface area contributed by atoms with Crippen LogP contribution >= 0.6 is 11.6 Å². The smallest absolute Gasteiger partial charge is 0.241 e. The third kappa shape index (κ3) is 5.28. The van der Waals surface area contributed by atoms with Gasteiger partial charge in [-0.15, -0.1) is 0 Å². The fourth-order valence-electron chi connectivity index (χ4n) is 4.74. The van der Waals surface area contributed by atoms with E-state index in [1.54, 1.807) is 0 Å². The van der Waals surface area contributed by atoms with Crippen LogP contribution in [-0.4, -0.2) is 70.7 Å². The minimum absolute atomic E-state index is 0.621. The van der Waals surface area contributed by atoms with Crippen molar-refractivity contribution >= 4 is 17.4 Å². The Bertz CT molecular complexity index is 987. The first-order valence-electron chi connectivity index (χ1n) is 11.4. The minimum atomic E-state index is 0.621. The third-order valence-corrected chi connectivity index (χ3v) is 6.65. The van der Waals surface area contributed by atoms with Crippen LogP contribution in [0.3, 0.4) is 0 Å². The highest BCUT2D eigenvalue weighted by Gasteiger charge is 2.26. The lowest BCUT2D eigenvalue weighted by molar-refractivity contribution is 0.115. The van der Waals surface area contributed by atoms with Crippen molar-refractivity contribution in [3.8, 4) is 11.4 Å². The molecule has 0 amide bonds. The molecule has 8 heteroatoms. The standard InChI is InChI=1S/C24H29ClN6O/c25-21-8-6-20(7-9-21)24-27-23(32-28-24)18-30-11-3-4-19(17-30)16-29-12-14-31(15-13-29)22-5-1-2-10-26-22/h1-2,5-10,19H,3-4,11-18H2. The largest absolute Gasteiger partial charge is 0.354 e. The number of likely N-dealkylation sites (tertiary alicyclic amines) is 1. The number of rotatable bonds is 6. The van der Waals surface area contributed by atoms with Gasteiger partial charge in [0.1, 0.15) is 5.82 Å². The van der Waals surface area contributed by atoms with Gasteiger partial charge in [-0.3, -0.25) is 9.80 Å². The average Bonchev–Trinajstić information content (AvgIpc) is 3.29. The van der Waals surface area contributed by atoms with Crippen LogP contribution in [0, 0.1) is 5.92 Å². The molecule has 7 nitrogen and oxygen atoms in total. The highest BCUT2D eigenvalue weighted by Crippen LogP contribution is 2.23. The number of halogens is 1.